The van der Waals surface area contributed by atoms with Crippen molar-refractivity contribution in [3.63, 3.8) is 0 Å². The van der Waals surface area contributed by atoms with E-state index in [-0.39, 0.29) is 12.0 Å². The normalized spacial score (nSPS) is 15.2. The van der Waals surface area contributed by atoms with Gasteiger partial charge >= 0.3 is 0 Å². The van der Waals surface area contributed by atoms with Gasteiger partial charge in [0.05, 0.1) is 18.2 Å². The zero-order valence-corrected chi connectivity index (χ0v) is 14.3. The highest BCUT2D eigenvalue weighted by atomic mass is 16.3. The Hall–Kier alpha value is -2.77. The van der Waals surface area contributed by atoms with Gasteiger partial charge in [0.15, 0.2) is 0 Å². The molecule has 3 aromatic rings. The Bertz CT molecular complexity index is 1010. The summed E-state index contributed by atoms with van der Waals surface area (Å²) in [4.78, 5) is 0. The summed E-state index contributed by atoms with van der Waals surface area (Å²) >= 11 is 0. The maximum atomic E-state index is 9.70. The van der Waals surface area contributed by atoms with E-state index < -0.39 is 0 Å². The second kappa shape index (κ2) is 5.65. The van der Waals surface area contributed by atoms with Crippen molar-refractivity contribution in [2.45, 2.75) is 26.3 Å². The minimum absolute atomic E-state index is 0.0158. The molecular weight excluding hydrogens is 310 g/mol. The van der Waals surface area contributed by atoms with Crippen LogP contribution in [-0.2, 0) is 6.54 Å². The molecule has 1 aliphatic rings. The number of nitrogens with two attached hydrogens (primary N) is 1. The molecular formula is C21H21N3O. The van der Waals surface area contributed by atoms with Gasteiger partial charge in [-0.2, -0.15) is 5.26 Å². The molecule has 2 aromatic carbocycles. The van der Waals surface area contributed by atoms with Gasteiger partial charge in [0.2, 0.25) is 0 Å². The van der Waals surface area contributed by atoms with Crippen LogP contribution in [0.25, 0.3) is 22.0 Å². The number of fused-ring (bicyclic) bond motifs is 1. The van der Waals surface area contributed by atoms with Crippen LogP contribution in [0.3, 0.4) is 0 Å². The second-order valence-electron chi connectivity index (χ2n) is 7.19. The monoisotopic (exact) mass is 331 g/mol. The maximum absolute atomic E-state index is 9.70. The van der Waals surface area contributed by atoms with Crippen LogP contribution < -0.4 is 5.73 Å². The number of aromatic nitrogens is 1. The fraction of sp³-hybridized carbons (Fsp3) is 0.286. The third-order valence-corrected chi connectivity index (χ3v) is 5.47. The van der Waals surface area contributed by atoms with Crippen molar-refractivity contribution in [1.29, 1.82) is 5.26 Å². The first-order valence-corrected chi connectivity index (χ1v) is 8.56. The molecule has 4 nitrogen and oxygen atoms in total. The lowest BCUT2D eigenvalue weighted by molar-refractivity contribution is 0.196. The summed E-state index contributed by atoms with van der Waals surface area (Å²) < 4.78 is 2.22. The second-order valence-corrected chi connectivity index (χ2v) is 7.19. The molecule has 4 rings (SSSR count). The molecule has 3 N–H and O–H groups in total. The van der Waals surface area contributed by atoms with Gasteiger partial charge in [-0.05, 0) is 55.2 Å². The first kappa shape index (κ1) is 15.7. The van der Waals surface area contributed by atoms with Crippen LogP contribution in [0, 0.1) is 23.7 Å². The van der Waals surface area contributed by atoms with Crippen molar-refractivity contribution < 1.29 is 5.11 Å². The van der Waals surface area contributed by atoms with Crippen LogP contribution in [-0.4, -0.2) is 16.3 Å². The number of nitrogen functional groups attached to an aromatic ring is 1. The third kappa shape index (κ3) is 2.57. The van der Waals surface area contributed by atoms with Crippen LogP contribution in [0.1, 0.15) is 24.0 Å². The predicted molar refractivity (Wildman–Crippen MR) is 100.0 cm³/mol. The summed E-state index contributed by atoms with van der Waals surface area (Å²) in [6.07, 6.45) is 4.27. The highest BCUT2D eigenvalue weighted by Gasteiger charge is 2.42. The van der Waals surface area contributed by atoms with Crippen LogP contribution in [0.2, 0.25) is 0 Å². The number of rotatable bonds is 4. The van der Waals surface area contributed by atoms with Crippen LogP contribution in [0.15, 0.2) is 42.6 Å². The van der Waals surface area contributed by atoms with Crippen LogP contribution >= 0.6 is 0 Å². The van der Waals surface area contributed by atoms with Gasteiger partial charge in [-0.1, -0.05) is 12.1 Å². The third-order valence-electron chi connectivity index (χ3n) is 5.47. The number of nitrogens with zero attached hydrogens (tertiary/aromatic N) is 2. The van der Waals surface area contributed by atoms with Crippen molar-refractivity contribution in [1.82, 2.24) is 4.57 Å². The zero-order chi connectivity index (χ0) is 17.6. The van der Waals surface area contributed by atoms with Crippen molar-refractivity contribution in [2.24, 2.45) is 5.41 Å². The Morgan fingerprint density at radius 3 is 2.72 bits per heavy atom. The average molecular weight is 331 g/mol. The maximum Gasteiger partial charge on any atom is 0.0991 e. The van der Waals surface area contributed by atoms with E-state index in [2.05, 4.69) is 22.9 Å². The molecule has 0 atom stereocenters. The Labute approximate surface area is 147 Å². The topological polar surface area (TPSA) is 75.0 Å². The fourth-order valence-electron chi connectivity index (χ4n) is 3.56. The molecule has 126 valence electrons. The number of aliphatic hydroxyl groups excluding tert-OH is 1. The molecule has 25 heavy (non-hydrogen) atoms. The highest BCUT2D eigenvalue weighted by Crippen LogP contribution is 2.47. The lowest BCUT2D eigenvalue weighted by atomic mass is 9.98. The molecule has 1 fully saturated rings. The van der Waals surface area contributed by atoms with Crippen LogP contribution in [0.5, 0.6) is 0 Å². The smallest absolute Gasteiger partial charge is 0.0991 e. The Balaban J connectivity index is 1.94. The summed E-state index contributed by atoms with van der Waals surface area (Å²) in [6, 6.07) is 14.0. The summed E-state index contributed by atoms with van der Waals surface area (Å²) in [5, 5.41) is 20.0. The highest BCUT2D eigenvalue weighted by molar-refractivity contribution is 5.98. The quantitative estimate of drug-likeness (QED) is 0.713. The number of nitriles is 1. The number of benzene rings is 2. The lowest BCUT2D eigenvalue weighted by Gasteiger charge is -2.13. The van der Waals surface area contributed by atoms with Crippen molar-refractivity contribution in [3.05, 3.63) is 53.7 Å². The van der Waals surface area contributed by atoms with E-state index in [0.717, 1.165) is 52.7 Å². The van der Waals surface area contributed by atoms with Gasteiger partial charge in [-0.15, -0.1) is 0 Å². The largest absolute Gasteiger partial charge is 0.398 e. The summed E-state index contributed by atoms with van der Waals surface area (Å²) in [5.74, 6) is 0. The molecule has 0 radical (unpaired) electrons. The Kier molecular flexibility index (Phi) is 3.55. The summed E-state index contributed by atoms with van der Waals surface area (Å²) in [5.41, 5.74) is 11.9. The first-order valence-electron chi connectivity index (χ1n) is 8.56. The molecule has 0 amide bonds. The average Bonchev–Trinajstić information content (AvgIpc) is 3.32. The number of aliphatic hydroxyl groups is 1. The molecule has 0 unspecified atom stereocenters. The van der Waals surface area contributed by atoms with E-state index in [1.54, 1.807) is 0 Å². The van der Waals surface area contributed by atoms with E-state index in [1.165, 1.54) is 0 Å². The molecule has 4 heteroatoms. The van der Waals surface area contributed by atoms with E-state index in [9.17, 15) is 10.4 Å². The standard InChI is InChI=1S/C21H21N3O/c1-14-16(3-2-4-19(14)23)18-11-24(12-21(13-25)7-8-21)20-6-5-15(10-22)9-17(18)20/h2-6,9,11,25H,7-8,12-13,23H2,1H3. The fourth-order valence-corrected chi connectivity index (χ4v) is 3.56. The molecule has 1 aliphatic carbocycles. The van der Waals surface area contributed by atoms with Crippen molar-refractivity contribution in [2.75, 3.05) is 12.3 Å². The predicted octanol–water partition coefficient (Wildman–Crippen LogP) is 3.84. The van der Waals surface area contributed by atoms with Crippen molar-refractivity contribution in [3.8, 4) is 17.2 Å². The lowest BCUT2D eigenvalue weighted by Crippen LogP contribution is -2.14. The van der Waals surface area contributed by atoms with Gasteiger partial charge in [0, 0.05) is 40.3 Å². The van der Waals surface area contributed by atoms with E-state index in [4.69, 9.17) is 5.73 Å². The Morgan fingerprint density at radius 2 is 2.04 bits per heavy atom. The van der Waals surface area contributed by atoms with Gasteiger partial charge in [-0.25, -0.2) is 0 Å². The van der Waals surface area contributed by atoms with E-state index in [0.29, 0.717) is 5.56 Å². The molecule has 1 aromatic heterocycles. The minimum atomic E-state index is 0.0158. The SMILES string of the molecule is Cc1c(N)cccc1-c1cn(CC2(CO)CC2)c2ccc(C#N)cc12. The number of hydrogen-bond donors (Lipinski definition) is 2. The Morgan fingerprint density at radius 1 is 1.24 bits per heavy atom. The van der Waals surface area contributed by atoms with Gasteiger partial charge < -0.3 is 15.4 Å². The van der Waals surface area contributed by atoms with E-state index in [1.807, 2.05) is 37.3 Å². The minimum Gasteiger partial charge on any atom is -0.398 e. The number of hydrogen-bond acceptors (Lipinski definition) is 3. The molecule has 0 saturated heterocycles. The number of anilines is 1. The zero-order valence-electron chi connectivity index (χ0n) is 14.3. The van der Waals surface area contributed by atoms with Crippen LogP contribution in [0.4, 0.5) is 5.69 Å². The molecule has 1 saturated carbocycles. The van der Waals surface area contributed by atoms with Gasteiger partial charge in [-0.3, -0.25) is 0 Å². The van der Waals surface area contributed by atoms with Gasteiger partial charge in [0.25, 0.3) is 0 Å². The van der Waals surface area contributed by atoms with Gasteiger partial charge in [0.1, 0.15) is 0 Å². The van der Waals surface area contributed by atoms with E-state index >= 15 is 0 Å². The molecule has 0 spiro atoms. The molecule has 0 aliphatic heterocycles. The van der Waals surface area contributed by atoms with Crippen molar-refractivity contribution >= 4 is 16.6 Å². The molecule has 0 bridgehead atoms. The summed E-state index contributed by atoms with van der Waals surface area (Å²) in [6.45, 7) is 3.04. The first-order chi connectivity index (χ1) is 12.1. The molecule has 1 heterocycles. The summed E-state index contributed by atoms with van der Waals surface area (Å²) in [7, 11) is 0.